The summed E-state index contributed by atoms with van der Waals surface area (Å²) in [6.07, 6.45) is 2.09. The van der Waals surface area contributed by atoms with Gasteiger partial charge in [0.05, 0.1) is 10.9 Å². The summed E-state index contributed by atoms with van der Waals surface area (Å²) in [6.45, 7) is 0.276. The largest absolute Gasteiger partial charge is 0.335 e. The second-order valence-electron chi connectivity index (χ2n) is 5.77. The molecule has 0 aromatic heterocycles. The third-order valence-electron chi connectivity index (χ3n) is 3.95. The van der Waals surface area contributed by atoms with E-state index in [0.29, 0.717) is 10.0 Å². The second-order valence-corrected chi connectivity index (χ2v) is 6.62. The number of carbonyl (C=O) groups excluding carboxylic acids is 1. The first-order valence-electron chi connectivity index (χ1n) is 7.51. The zero-order chi connectivity index (χ0) is 16.4. The van der Waals surface area contributed by atoms with Gasteiger partial charge in [-0.15, -0.1) is 0 Å². The molecular weight excluding hydrogens is 364 g/mol. The van der Waals surface area contributed by atoms with Gasteiger partial charge in [-0.1, -0.05) is 24.3 Å². The first kappa shape index (κ1) is 16.1. The van der Waals surface area contributed by atoms with E-state index < -0.39 is 0 Å². The lowest BCUT2D eigenvalue weighted by Crippen LogP contribution is -2.34. The van der Waals surface area contributed by atoms with Crippen molar-refractivity contribution in [3.8, 4) is 0 Å². The van der Waals surface area contributed by atoms with Crippen molar-refractivity contribution in [1.29, 1.82) is 0 Å². The van der Waals surface area contributed by atoms with Crippen LogP contribution >= 0.6 is 15.9 Å². The van der Waals surface area contributed by atoms with Crippen LogP contribution in [0.15, 0.2) is 46.9 Å². The molecule has 0 aliphatic heterocycles. The normalized spacial score (nSPS) is 13.9. The Morgan fingerprint density at radius 3 is 2.52 bits per heavy atom. The Morgan fingerprint density at radius 1 is 1.13 bits per heavy atom. The van der Waals surface area contributed by atoms with Gasteiger partial charge in [0, 0.05) is 18.2 Å². The van der Waals surface area contributed by atoms with E-state index in [4.69, 9.17) is 0 Å². The Morgan fingerprint density at radius 2 is 1.87 bits per heavy atom. The number of hydrogen-bond acceptors (Lipinski definition) is 1. The van der Waals surface area contributed by atoms with Gasteiger partial charge in [-0.3, -0.25) is 4.79 Å². The molecule has 2 nitrogen and oxygen atoms in total. The summed E-state index contributed by atoms with van der Waals surface area (Å²) in [4.78, 5) is 14.3. The standard InChI is InChI=1S/C18H16BrF2NO/c19-15-9-12(5-8-17(15)21)10-18(23)22(14-6-7-14)11-13-3-1-2-4-16(13)20/h1-5,8-9,14H,6-7,10-11H2. The minimum atomic E-state index is -0.355. The lowest BCUT2D eigenvalue weighted by Gasteiger charge is -2.23. The molecule has 1 aliphatic rings. The summed E-state index contributed by atoms with van der Waals surface area (Å²) >= 11 is 3.13. The predicted octanol–water partition coefficient (Wildman–Crippen LogP) is 4.46. The molecule has 0 saturated heterocycles. The van der Waals surface area contributed by atoms with Crippen LogP contribution in [0.4, 0.5) is 8.78 Å². The van der Waals surface area contributed by atoms with Crippen LogP contribution in [0.25, 0.3) is 0 Å². The average molecular weight is 380 g/mol. The van der Waals surface area contributed by atoms with Crippen LogP contribution in [0.5, 0.6) is 0 Å². The van der Waals surface area contributed by atoms with Gasteiger partial charge in [-0.2, -0.15) is 0 Å². The van der Waals surface area contributed by atoms with Crippen LogP contribution in [-0.2, 0) is 17.8 Å². The van der Waals surface area contributed by atoms with Gasteiger partial charge in [0.15, 0.2) is 0 Å². The molecule has 23 heavy (non-hydrogen) atoms. The maximum atomic E-state index is 13.8. The first-order valence-corrected chi connectivity index (χ1v) is 8.30. The highest BCUT2D eigenvalue weighted by Crippen LogP contribution is 2.29. The van der Waals surface area contributed by atoms with Crippen molar-refractivity contribution in [3.05, 3.63) is 69.7 Å². The molecule has 1 saturated carbocycles. The summed E-state index contributed by atoms with van der Waals surface area (Å²) < 4.78 is 27.5. The summed E-state index contributed by atoms with van der Waals surface area (Å²) in [5.41, 5.74) is 1.26. The number of hydrogen-bond donors (Lipinski definition) is 0. The number of rotatable bonds is 5. The zero-order valence-corrected chi connectivity index (χ0v) is 14.0. The average Bonchev–Trinajstić information content (AvgIpc) is 3.35. The number of carbonyl (C=O) groups is 1. The quantitative estimate of drug-likeness (QED) is 0.750. The molecule has 0 radical (unpaired) electrons. The fraction of sp³-hybridized carbons (Fsp3) is 0.278. The van der Waals surface area contributed by atoms with E-state index in [1.54, 1.807) is 35.2 Å². The van der Waals surface area contributed by atoms with Crippen LogP contribution in [0.3, 0.4) is 0 Å². The van der Waals surface area contributed by atoms with E-state index in [0.717, 1.165) is 18.4 Å². The third kappa shape index (κ3) is 3.96. The Balaban J connectivity index is 1.74. The van der Waals surface area contributed by atoms with Crippen LogP contribution in [0, 0.1) is 11.6 Å². The van der Waals surface area contributed by atoms with Gasteiger partial charge in [-0.05, 0) is 52.5 Å². The Labute approximate surface area is 142 Å². The lowest BCUT2D eigenvalue weighted by atomic mass is 10.1. The van der Waals surface area contributed by atoms with Gasteiger partial charge in [0.25, 0.3) is 0 Å². The summed E-state index contributed by atoms with van der Waals surface area (Å²) in [7, 11) is 0. The maximum Gasteiger partial charge on any atom is 0.227 e. The van der Waals surface area contributed by atoms with Crippen molar-refractivity contribution in [2.75, 3.05) is 0 Å². The van der Waals surface area contributed by atoms with Crippen molar-refractivity contribution in [1.82, 2.24) is 4.90 Å². The highest BCUT2D eigenvalue weighted by Gasteiger charge is 2.32. The van der Waals surface area contributed by atoms with Crippen molar-refractivity contribution in [3.63, 3.8) is 0 Å². The molecule has 1 amide bonds. The highest BCUT2D eigenvalue weighted by atomic mass is 79.9. The molecule has 5 heteroatoms. The summed E-state index contributed by atoms with van der Waals surface area (Å²) in [5.74, 6) is -0.712. The van der Waals surface area contributed by atoms with Crippen molar-refractivity contribution in [2.24, 2.45) is 0 Å². The number of benzene rings is 2. The van der Waals surface area contributed by atoms with Crippen LogP contribution in [-0.4, -0.2) is 16.8 Å². The SMILES string of the molecule is O=C(Cc1ccc(F)c(Br)c1)N(Cc1ccccc1F)C1CC1. The lowest BCUT2D eigenvalue weighted by molar-refractivity contribution is -0.131. The molecule has 0 spiro atoms. The topological polar surface area (TPSA) is 20.3 Å². The Hall–Kier alpha value is -1.75. The van der Waals surface area contributed by atoms with Crippen LogP contribution in [0.2, 0.25) is 0 Å². The maximum absolute atomic E-state index is 13.8. The fourth-order valence-electron chi connectivity index (χ4n) is 2.54. The third-order valence-corrected chi connectivity index (χ3v) is 4.55. The molecule has 0 bridgehead atoms. The Bertz CT molecular complexity index is 731. The van der Waals surface area contributed by atoms with Gasteiger partial charge >= 0.3 is 0 Å². The van der Waals surface area contributed by atoms with E-state index in [1.807, 2.05) is 0 Å². The van der Waals surface area contributed by atoms with E-state index in [9.17, 15) is 13.6 Å². The molecule has 3 rings (SSSR count). The van der Waals surface area contributed by atoms with Crippen molar-refractivity contribution >= 4 is 21.8 Å². The van der Waals surface area contributed by atoms with Gasteiger partial charge in [0.1, 0.15) is 11.6 Å². The molecule has 2 aromatic carbocycles. The fourth-order valence-corrected chi connectivity index (χ4v) is 2.97. The van der Waals surface area contributed by atoms with Crippen molar-refractivity contribution in [2.45, 2.75) is 31.8 Å². The molecule has 0 atom stereocenters. The van der Waals surface area contributed by atoms with Crippen molar-refractivity contribution < 1.29 is 13.6 Å². The van der Waals surface area contributed by atoms with Gasteiger partial charge < -0.3 is 4.90 Å². The Kier molecular flexibility index (Phi) is 4.76. The van der Waals surface area contributed by atoms with E-state index in [2.05, 4.69) is 15.9 Å². The predicted molar refractivity (Wildman–Crippen MR) is 87.8 cm³/mol. The zero-order valence-electron chi connectivity index (χ0n) is 12.4. The van der Waals surface area contributed by atoms with Crippen LogP contribution in [0.1, 0.15) is 24.0 Å². The number of halogens is 3. The number of nitrogens with zero attached hydrogens (tertiary/aromatic N) is 1. The second kappa shape index (κ2) is 6.79. The van der Waals surface area contributed by atoms with Crippen LogP contribution < -0.4 is 0 Å². The minimum absolute atomic E-state index is 0.0609. The molecule has 0 N–H and O–H groups in total. The van der Waals surface area contributed by atoms with E-state index in [1.165, 1.54) is 12.1 Å². The molecule has 1 aliphatic carbocycles. The minimum Gasteiger partial charge on any atom is -0.335 e. The smallest absolute Gasteiger partial charge is 0.227 e. The molecule has 0 unspecified atom stereocenters. The highest BCUT2D eigenvalue weighted by molar-refractivity contribution is 9.10. The summed E-state index contributed by atoms with van der Waals surface area (Å²) in [5, 5.41) is 0. The molecule has 120 valence electrons. The monoisotopic (exact) mass is 379 g/mol. The first-order chi connectivity index (χ1) is 11.0. The molecule has 2 aromatic rings. The molecule has 0 heterocycles. The van der Waals surface area contributed by atoms with Gasteiger partial charge in [0.2, 0.25) is 5.91 Å². The summed E-state index contributed by atoms with van der Waals surface area (Å²) in [6, 6.07) is 11.3. The van der Waals surface area contributed by atoms with E-state index >= 15 is 0 Å². The molecule has 1 fully saturated rings. The van der Waals surface area contributed by atoms with E-state index in [-0.39, 0.29) is 36.5 Å². The van der Waals surface area contributed by atoms with Gasteiger partial charge in [-0.25, -0.2) is 8.78 Å². The number of amides is 1. The molecular formula is C18H16BrF2NO.